The quantitative estimate of drug-likeness (QED) is 0.210. The van der Waals surface area contributed by atoms with Crippen LogP contribution >= 0.6 is 11.3 Å². The minimum Gasteiger partial charge on any atom is -0.322 e. The molecule has 0 radical (unpaired) electrons. The molecule has 0 spiro atoms. The van der Waals surface area contributed by atoms with Gasteiger partial charge < -0.3 is 15.5 Å². The topological polar surface area (TPSA) is 86.3 Å². The van der Waals surface area contributed by atoms with Crippen LogP contribution < -0.4 is 10.6 Å². The SMILES string of the molecule is CCN1CCN(Cc2ccc(NC(=O)c3cccc(-c4ccc5nc(Nc6ccccn6)sc5n4)c3)cc2CF)CC1. The van der Waals surface area contributed by atoms with Crippen LogP contribution in [0.2, 0.25) is 0 Å². The fourth-order valence-electron chi connectivity index (χ4n) is 5.09. The third-order valence-electron chi connectivity index (χ3n) is 7.49. The second-order valence-electron chi connectivity index (χ2n) is 10.2. The van der Waals surface area contributed by atoms with Gasteiger partial charge in [0.25, 0.3) is 5.91 Å². The Morgan fingerprint density at radius 1 is 0.929 bits per heavy atom. The molecule has 1 aliphatic rings. The number of anilines is 3. The van der Waals surface area contributed by atoms with E-state index in [1.165, 1.54) is 11.3 Å². The number of piperazine rings is 1. The van der Waals surface area contributed by atoms with E-state index in [4.69, 9.17) is 4.98 Å². The third-order valence-corrected chi connectivity index (χ3v) is 8.37. The van der Waals surface area contributed by atoms with Gasteiger partial charge in [0.05, 0.1) is 5.69 Å². The molecule has 8 nitrogen and oxygen atoms in total. The monoisotopic (exact) mass is 581 g/mol. The number of nitrogens with zero attached hydrogens (tertiary/aromatic N) is 5. The zero-order valence-electron chi connectivity index (χ0n) is 23.4. The molecule has 5 aromatic rings. The molecular weight excluding hydrogens is 549 g/mol. The minimum absolute atomic E-state index is 0.259. The van der Waals surface area contributed by atoms with E-state index >= 15 is 0 Å². The van der Waals surface area contributed by atoms with Crippen LogP contribution in [0.25, 0.3) is 21.6 Å². The van der Waals surface area contributed by atoms with Gasteiger partial charge in [-0.3, -0.25) is 9.69 Å². The van der Waals surface area contributed by atoms with E-state index in [0.717, 1.165) is 59.9 Å². The largest absolute Gasteiger partial charge is 0.322 e. The maximum Gasteiger partial charge on any atom is 0.255 e. The number of thiazole rings is 1. The maximum atomic E-state index is 14.0. The smallest absolute Gasteiger partial charge is 0.255 e. The van der Waals surface area contributed by atoms with Crippen LogP contribution in [0.4, 0.5) is 21.0 Å². The van der Waals surface area contributed by atoms with E-state index in [1.54, 1.807) is 18.3 Å². The first-order valence-corrected chi connectivity index (χ1v) is 14.9. The van der Waals surface area contributed by atoms with E-state index in [2.05, 4.69) is 37.3 Å². The third kappa shape index (κ3) is 6.46. The Morgan fingerprint density at radius 3 is 2.57 bits per heavy atom. The summed E-state index contributed by atoms with van der Waals surface area (Å²) in [7, 11) is 0. The van der Waals surface area contributed by atoms with Crippen molar-refractivity contribution in [3.8, 4) is 11.3 Å². The highest BCUT2D eigenvalue weighted by molar-refractivity contribution is 7.21. The molecule has 2 aromatic carbocycles. The highest BCUT2D eigenvalue weighted by atomic mass is 32.1. The van der Waals surface area contributed by atoms with E-state index in [0.29, 0.717) is 34.3 Å². The Labute approximate surface area is 248 Å². The number of amides is 1. The predicted octanol–water partition coefficient (Wildman–Crippen LogP) is 6.36. The summed E-state index contributed by atoms with van der Waals surface area (Å²) < 4.78 is 14.0. The van der Waals surface area contributed by atoms with Crippen molar-refractivity contribution in [1.82, 2.24) is 24.8 Å². The number of fused-ring (bicyclic) bond motifs is 1. The Bertz CT molecular complexity index is 1690. The summed E-state index contributed by atoms with van der Waals surface area (Å²) in [5.74, 6) is 0.458. The number of hydrogen-bond acceptors (Lipinski definition) is 8. The number of pyridine rings is 2. The van der Waals surface area contributed by atoms with Gasteiger partial charge >= 0.3 is 0 Å². The van der Waals surface area contributed by atoms with Crippen LogP contribution in [0, 0.1) is 0 Å². The summed E-state index contributed by atoms with van der Waals surface area (Å²) in [5.41, 5.74) is 5.00. The Morgan fingerprint density at radius 2 is 1.79 bits per heavy atom. The molecule has 0 unspecified atom stereocenters. The summed E-state index contributed by atoms with van der Waals surface area (Å²) in [5, 5.41) is 6.86. The molecule has 0 bridgehead atoms. The molecule has 6 rings (SSSR count). The van der Waals surface area contributed by atoms with E-state index < -0.39 is 6.67 Å². The molecule has 1 amide bonds. The lowest BCUT2D eigenvalue weighted by molar-refractivity contribution is 0.102. The molecule has 0 atom stereocenters. The van der Waals surface area contributed by atoms with E-state index in [-0.39, 0.29) is 5.91 Å². The first kappa shape index (κ1) is 27.9. The lowest BCUT2D eigenvalue weighted by Crippen LogP contribution is -2.45. The lowest BCUT2D eigenvalue weighted by Gasteiger charge is -2.34. The fraction of sp³-hybridized carbons (Fsp3) is 0.250. The lowest BCUT2D eigenvalue weighted by atomic mass is 10.0. The van der Waals surface area contributed by atoms with Crippen molar-refractivity contribution in [3.63, 3.8) is 0 Å². The first-order valence-electron chi connectivity index (χ1n) is 14.1. The van der Waals surface area contributed by atoms with Gasteiger partial charge in [0, 0.05) is 55.7 Å². The van der Waals surface area contributed by atoms with Gasteiger partial charge in [-0.05, 0) is 66.2 Å². The standard InChI is InChI=1S/C32H32FN7OS/c1-2-39-14-16-40(17-15-39)21-24-9-10-26(19-25(24)20-33)35-30(41)23-7-5-6-22(18-23)27-11-12-28-31(36-27)42-32(37-28)38-29-8-3-4-13-34-29/h3-13,18-19H,2,14-17,20-21H2,1H3,(H,35,41)(H,34,37,38). The van der Waals surface area contributed by atoms with Gasteiger partial charge in [-0.15, -0.1) is 0 Å². The summed E-state index contributed by atoms with van der Waals surface area (Å²) in [6, 6.07) is 22.4. The molecule has 3 aromatic heterocycles. The predicted molar refractivity (Wildman–Crippen MR) is 167 cm³/mol. The number of carbonyl (C=O) groups is 1. The molecule has 42 heavy (non-hydrogen) atoms. The Kier molecular flexibility index (Phi) is 8.45. The number of alkyl halides is 1. The number of likely N-dealkylation sites (N-methyl/N-ethyl adjacent to an activating group) is 1. The van der Waals surface area contributed by atoms with Gasteiger partial charge in [-0.2, -0.15) is 0 Å². The average Bonchev–Trinajstić information content (AvgIpc) is 3.44. The molecule has 1 saturated heterocycles. The fourth-order valence-corrected chi connectivity index (χ4v) is 5.93. The van der Waals surface area contributed by atoms with Crippen molar-refractivity contribution in [3.05, 3.63) is 95.7 Å². The van der Waals surface area contributed by atoms with Crippen molar-refractivity contribution in [2.24, 2.45) is 0 Å². The number of halogens is 1. The van der Waals surface area contributed by atoms with Crippen LogP contribution in [0.15, 0.2) is 79.0 Å². The van der Waals surface area contributed by atoms with Gasteiger partial charge in [-0.1, -0.05) is 42.5 Å². The normalized spacial score (nSPS) is 14.2. The van der Waals surface area contributed by atoms with Gasteiger partial charge in [0.15, 0.2) is 5.13 Å². The Balaban J connectivity index is 1.14. The molecule has 1 fully saturated rings. The van der Waals surface area contributed by atoms with Crippen LogP contribution in [-0.2, 0) is 13.2 Å². The summed E-state index contributed by atoms with van der Waals surface area (Å²) in [6.45, 7) is 7.39. The highest BCUT2D eigenvalue weighted by Gasteiger charge is 2.18. The van der Waals surface area contributed by atoms with Crippen molar-refractivity contribution in [1.29, 1.82) is 0 Å². The molecule has 0 aliphatic carbocycles. The van der Waals surface area contributed by atoms with Crippen LogP contribution in [0.5, 0.6) is 0 Å². The van der Waals surface area contributed by atoms with Gasteiger partial charge in [-0.25, -0.2) is 19.3 Å². The maximum absolute atomic E-state index is 14.0. The summed E-state index contributed by atoms with van der Waals surface area (Å²) >= 11 is 1.44. The number of benzene rings is 2. The zero-order valence-corrected chi connectivity index (χ0v) is 24.2. The minimum atomic E-state index is -0.575. The summed E-state index contributed by atoms with van der Waals surface area (Å²) in [6.07, 6.45) is 1.72. The van der Waals surface area contributed by atoms with Crippen molar-refractivity contribution < 1.29 is 9.18 Å². The number of aromatic nitrogens is 3. The number of hydrogen-bond donors (Lipinski definition) is 2. The number of rotatable bonds is 9. The highest BCUT2D eigenvalue weighted by Crippen LogP contribution is 2.29. The molecule has 2 N–H and O–H groups in total. The second kappa shape index (κ2) is 12.7. The second-order valence-corrected chi connectivity index (χ2v) is 11.2. The molecule has 4 heterocycles. The van der Waals surface area contributed by atoms with E-state index in [1.807, 2.05) is 60.7 Å². The Hall–Kier alpha value is -4.25. The number of carbonyl (C=O) groups excluding carboxylic acids is 1. The van der Waals surface area contributed by atoms with Gasteiger partial charge in [0.2, 0.25) is 0 Å². The zero-order chi connectivity index (χ0) is 28.9. The number of nitrogens with one attached hydrogen (secondary N) is 2. The molecule has 214 valence electrons. The van der Waals surface area contributed by atoms with Crippen molar-refractivity contribution in [2.75, 3.05) is 43.4 Å². The van der Waals surface area contributed by atoms with Crippen molar-refractivity contribution in [2.45, 2.75) is 20.1 Å². The summed E-state index contributed by atoms with van der Waals surface area (Å²) in [4.78, 5) is 32.4. The average molecular weight is 582 g/mol. The van der Waals surface area contributed by atoms with Crippen LogP contribution in [0.3, 0.4) is 0 Å². The van der Waals surface area contributed by atoms with Crippen LogP contribution in [0.1, 0.15) is 28.4 Å². The molecule has 1 aliphatic heterocycles. The molecule has 10 heteroatoms. The molecular formula is C32H32FN7OS. The van der Waals surface area contributed by atoms with Crippen molar-refractivity contribution >= 4 is 44.2 Å². The first-order chi connectivity index (χ1) is 20.6. The van der Waals surface area contributed by atoms with Gasteiger partial charge in [0.1, 0.15) is 22.8 Å². The van der Waals surface area contributed by atoms with E-state index in [9.17, 15) is 9.18 Å². The molecule has 0 saturated carbocycles. The van der Waals surface area contributed by atoms with Crippen LogP contribution in [-0.4, -0.2) is 63.4 Å².